The summed E-state index contributed by atoms with van der Waals surface area (Å²) in [5.41, 5.74) is 2.44. The fraction of sp³-hybridized carbons (Fsp3) is 0.571. The van der Waals surface area contributed by atoms with Crippen LogP contribution >= 0.6 is 0 Å². The molecule has 0 aromatic carbocycles. The Kier molecular flexibility index (Phi) is 1.56. The van der Waals surface area contributed by atoms with Crippen LogP contribution in [0.2, 0.25) is 0 Å². The molecule has 1 heterocycles. The van der Waals surface area contributed by atoms with Crippen molar-refractivity contribution in [2.45, 2.75) is 20.3 Å². The predicted molar refractivity (Wildman–Crippen MR) is 36.2 cm³/mol. The summed E-state index contributed by atoms with van der Waals surface area (Å²) < 4.78 is 1.87. The van der Waals surface area contributed by atoms with Gasteiger partial charge < -0.3 is 0 Å². The van der Waals surface area contributed by atoms with Crippen molar-refractivity contribution in [3.63, 3.8) is 0 Å². The van der Waals surface area contributed by atoms with Gasteiger partial charge in [0.25, 0.3) is 0 Å². The second-order valence-electron chi connectivity index (χ2n) is 2.16. The summed E-state index contributed by atoms with van der Waals surface area (Å²) in [4.78, 5) is 0. The molecule has 0 aliphatic carbocycles. The third-order valence-corrected chi connectivity index (χ3v) is 1.53. The van der Waals surface area contributed by atoms with Gasteiger partial charge in [-0.25, -0.2) is 0 Å². The molecule has 1 rings (SSSR count). The van der Waals surface area contributed by atoms with E-state index in [9.17, 15) is 0 Å². The fourth-order valence-corrected chi connectivity index (χ4v) is 1.01. The lowest BCUT2D eigenvalue weighted by Gasteiger charge is -1.96. The number of hydrogen-bond acceptors (Lipinski definition) is 1. The second kappa shape index (κ2) is 2.21. The molecule has 1 radical (unpaired) electrons. The summed E-state index contributed by atoms with van der Waals surface area (Å²) in [5.74, 6) is 0. The van der Waals surface area contributed by atoms with E-state index >= 15 is 0 Å². The zero-order valence-electron chi connectivity index (χ0n) is 6.10. The van der Waals surface area contributed by atoms with Gasteiger partial charge in [-0.1, -0.05) is 6.92 Å². The molecule has 0 atom stereocenters. The standard InChI is InChI=1S/C7H11N2/c1-4-7-6(2)5-8-9(7)3/h4H2,1-3H3. The van der Waals surface area contributed by atoms with Gasteiger partial charge in [-0.05, 0) is 18.9 Å². The topological polar surface area (TPSA) is 17.8 Å². The Morgan fingerprint density at radius 2 is 2.33 bits per heavy atom. The third-order valence-electron chi connectivity index (χ3n) is 1.53. The SMILES string of the molecule is CCc1c(C)[c]nn1C. The van der Waals surface area contributed by atoms with Gasteiger partial charge in [-0.15, -0.1) is 0 Å². The van der Waals surface area contributed by atoms with Crippen LogP contribution in [0.1, 0.15) is 18.2 Å². The first-order valence-electron chi connectivity index (χ1n) is 3.16. The van der Waals surface area contributed by atoms with Crippen molar-refractivity contribution in [2.24, 2.45) is 7.05 Å². The van der Waals surface area contributed by atoms with Crippen LogP contribution in [0.3, 0.4) is 0 Å². The van der Waals surface area contributed by atoms with Gasteiger partial charge >= 0.3 is 0 Å². The van der Waals surface area contributed by atoms with Crippen LogP contribution in [-0.4, -0.2) is 9.78 Å². The van der Waals surface area contributed by atoms with E-state index in [4.69, 9.17) is 0 Å². The molecule has 0 fully saturated rings. The molecule has 0 aliphatic rings. The first-order valence-corrected chi connectivity index (χ1v) is 3.16. The van der Waals surface area contributed by atoms with Gasteiger partial charge in [-0.3, -0.25) is 4.68 Å². The van der Waals surface area contributed by atoms with Crippen molar-refractivity contribution in [1.29, 1.82) is 0 Å². The molecule has 2 heteroatoms. The monoisotopic (exact) mass is 123 g/mol. The summed E-state index contributed by atoms with van der Waals surface area (Å²) in [6.07, 6.45) is 3.94. The highest BCUT2D eigenvalue weighted by Crippen LogP contribution is 2.03. The van der Waals surface area contributed by atoms with Gasteiger partial charge in [0.15, 0.2) is 0 Å². The Hall–Kier alpha value is -0.790. The van der Waals surface area contributed by atoms with Crippen LogP contribution in [0, 0.1) is 13.1 Å². The van der Waals surface area contributed by atoms with Crippen LogP contribution in [0.25, 0.3) is 0 Å². The van der Waals surface area contributed by atoms with E-state index in [1.165, 1.54) is 11.3 Å². The van der Waals surface area contributed by atoms with E-state index in [2.05, 4.69) is 18.2 Å². The van der Waals surface area contributed by atoms with Crippen LogP contribution < -0.4 is 0 Å². The number of rotatable bonds is 1. The van der Waals surface area contributed by atoms with Gasteiger partial charge in [-0.2, -0.15) is 5.10 Å². The molecular weight excluding hydrogens is 112 g/mol. The van der Waals surface area contributed by atoms with Crippen LogP contribution in [-0.2, 0) is 13.5 Å². The zero-order valence-corrected chi connectivity index (χ0v) is 6.10. The smallest absolute Gasteiger partial charge is 0.116 e. The molecule has 1 aromatic rings. The molecule has 0 amide bonds. The molecular formula is C7H11N2. The van der Waals surface area contributed by atoms with Crippen LogP contribution in [0.5, 0.6) is 0 Å². The summed E-state index contributed by atoms with van der Waals surface area (Å²) >= 11 is 0. The van der Waals surface area contributed by atoms with Crippen molar-refractivity contribution >= 4 is 0 Å². The molecule has 9 heavy (non-hydrogen) atoms. The molecule has 49 valence electrons. The summed E-state index contributed by atoms with van der Waals surface area (Å²) in [5, 5.41) is 3.98. The minimum atomic E-state index is 1.04. The lowest BCUT2D eigenvalue weighted by Crippen LogP contribution is -1.96. The van der Waals surface area contributed by atoms with Crippen molar-refractivity contribution in [3.8, 4) is 0 Å². The summed E-state index contributed by atoms with van der Waals surface area (Å²) in [7, 11) is 1.95. The van der Waals surface area contributed by atoms with E-state index in [1.54, 1.807) is 0 Å². The van der Waals surface area contributed by atoms with Crippen molar-refractivity contribution in [3.05, 3.63) is 17.5 Å². The molecule has 0 N–H and O–H groups in total. The lowest BCUT2D eigenvalue weighted by molar-refractivity contribution is 0.715. The van der Waals surface area contributed by atoms with Gasteiger partial charge in [0, 0.05) is 12.7 Å². The first kappa shape index (κ1) is 6.33. The third kappa shape index (κ3) is 0.969. The van der Waals surface area contributed by atoms with Gasteiger partial charge in [0.2, 0.25) is 0 Å². The zero-order chi connectivity index (χ0) is 6.85. The maximum atomic E-state index is 3.98. The highest BCUT2D eigenvalue weighted by molar-refractivity contribution is 5.13. The van der Waals surface area contributed by atoms with Gasteiger partial charge in [0.05, 0.1) is 0 Å². The number of aryl methyl sites for hydroxylation is 2. The fourth-order valence-electron chi connectivity index (χ4n) is 1.01. The first-order chi connectivity index (χ1) is 4.25. The molecule has 0 aliphatic heterocycles. The molecule has 0 saturated carbocycles. The Balaban J connectivity index is 3.07. The van der Waals surface area contributed by atoms with E-state index in [0.717, 1.165) is 6.42 Å². The van der Waals surface area contributed by atoms with E-state index < -0.39 is 0 Å². The maximum Gasteiger partial charge on any atom is 0.116 e. The summed E-state index contributed by atoms with van der Waals surface area (Å²) in [6, 6.07) is 0. The van der Waals surface area contributed by atoms with Crippen molar-refractivity contribution in [1.82, 2.24) is 9.78 Å². The number of nitrogens with zero attached hydrogens (tertiary/aromatic N) is 2. The predicted octanol–water partition coefficient (Wildman–Crippen LogP) is 1.09. The maximum absolute atomic E-state index is 3.98. The molecule has 0 saturated heterocycles. The van der Waals surface area contributed by atoms with Gasteiger partial charge in [0.1, 0.15) is 6.20 Å². The van der Waals surface area contributed by atoms with Crippen molar-refractivity contribution < 1.29 is 0 Å². The number of hydrogen-bond donors (Lipinski definition) is 0. The Labute approximate surface area is 55.5 Å². The normalized spacial score (nSPS) is 10.1. The van der Waals surface area contributed by atoms with E-state index in [1.807, 2.05) is 18.7 Å². The second-order valence-corrected chi connectivity index (χ2v) is 2.16. The average molecular weight is 123 g/mol. The molecule has 0 unspecified atom stereocenters. The quantitative estimate of drug-likeness (QED) is 0.546. The van der Waals surface area contributed by atoms with E-state index in [-0.39, 0.29) is 0 Å². The Morgan fingerprint density at radius 1 is 1.67 bits per heavy atom. The Bertz CT molecular complexity index is 181. The highest BCUT2D eigenvalue weighted by atomic mass is 15.3. The van der Waals surface area contributed by atoms with Crippen LogP contribution in [0.15, 0.2) is 0 Å². The minimum absolute atomic E-state index is 1.04. The van der Waals surface area contributed by atoms with E-state index in [0.29, 0.717) is 0 Å². The largest absolute Gasteiger partial charge is 0.272 e. The Morgan fingerprint density at radius 3 is 2.56 bits per heavy atom. The van der Waals surface area contributed by atoms with Crippen molar-refractivity contribution in [2.75, 3.05) is 0 Å². The molecule has 1 aromatic heterocycles. The molecule has 2 nitrogen and oxygen atoms in total. The highest BCUT2D eigenvalue weighted by Gasteiger charge is 1.99. The number of aromatic nitrogens is 2. The lowest BCUT2D eigenvalue weighted by atomic mass is 10.2. The van der Waals surface area contributed by atoms with Crippen LogP contribution in [0.4, 0.5) is 0 Å². The molecule has 0 bridgehead atoms. The average Bonchev–Trinajstić information content (AvgIpc) is 2.12. The molecule has 0 spiro atoms. The minimum Gasteiger partial charge on any atom is -0.272 e. The summed E-state index contributed by atoms with van der Waals surface area (Å²) in [6.45, 7) is 4.16.